The van der Waals surface area contributed by atoms with E-state index in [1.54, 1.807) is 0 Å². The average molecular weight is 338 g/mol. The van der Waals surface area contributed by atoms with E-state index >= 15 is 0 Å². The van der Waals surface area contributed by atoms with E-state index in [0.717, 1.165) is 31.5 Å². The van der Waals surface area contributed by atoms with Gasteiger partial charge >= 0.3 is 0 Å². The summed E-state index contributed by atoms with van der Waals surface area (Å²) in [5.41, 5.74) is 11.3. The van der Waals surface area contributed by atoms with Crippen LogP contribution in [0.25, 0.3) is 0 Å². The van der Waals surface area contributed by atoms with Crippen molar-refractivity contribution >= 4 is 5.69 Å². The molecule has 25 heavy (non-hydrogen) atoms. The zero-order chi connectivity index (χ0) is 17.5. The number of hydrogen-bond acceptors (Lipinski definition) is 3. The third-order valence-electron chi connectivity index (χ3n) is 5.55. The molecule has 134 valence electrons. The molecule has 0 fully saturated rings. The summed E-state index contributed by atoms with van der Waals surface area (Å²) in [6.45, 7) is 4.65. The van der Waals surface area contributed by atoms with Gasteiger partial charge in [-0.2, -0.15) is 0 Å². The van der Waals surface area contributed by atoms with Gasteiger partial charge in [-0.25, -0.2) is 0 Å². The lowest BCUT2D eigenvalue weighted by Gasteiger charge is -2.35. The zero-order valence-electron chi connectivity index (χ0n) is 15.5. The Kier molecular flexibility index (Phi) is 6.46. The molecule has 3 heteroatoms. The Morgan fingerprint density at radius 2 is 2.08 bits per heavy atom. The molecule has 1 aliphatic carbocycles. The normalized spacial score (nSPS) is 16.8. The molecule has 0 spiro atoms. The van der Waals surface area contributed by atoms with Crippen LogP contribution >= 0.6 is 0 Å². The van der Waals surface area contributed by atoms with Crippen molar-refractivity contribution in [2.75, 3.05) is 18.8 Å². The second-order valence-electron chi connectivity index (χ2n) is 7.18. The van der Waals surface area contributed by atoms with Crippen LogP contribution in [0.5, 0.6) is 0 Å². The van der Waals surface area contributed by atoms with Crippen LogP contribution in [-0.4, -0.2) is 29.0 Å². The van der Waals surface area contributed by atoms with Crippen LogP contribution in [0.1, 0.15) is 49.3 Å². The Hall–Kier alpha value is -1.87. The molecule has 1 aliphatic rings. The van der Waals surface area contributed by atoms with Crippen molar-refractivity contribution in [1.82, 2.24) is 9.88 Å². The Bertz CT molecular complexity index is 654. The van der Waals surface area contributed by atoms with Crippen LogP contribution < -0.4 is 5.73 Å². The maximum absolute atomic E-state index is 6.14. The van der Waals surface area contributed by atoms with Crippen molar-refractivity contribution in [1.29, 1.82) is 0 Å². The first-order valence-corrected chi connectivity index (χ1v) is 9.77. The minimum Gasteiger partial charge on any atom is -0.398 e. The summed E-state index contributed by atoms with van der Waals surface area (Å²) in [7, 11) is 0. The van der Waals surface area contributed by atoms with Gasteiger partial charge in [-0.05, 0) is 80.4 Å². The SMILES string of the molecule is CCN(CCCCCc1cccnc1)C1CCc2c(N)cccc2C1. The molecule has 0 saturated heterocycles. The van der Waals surface area contributed by atoms with E-state index in [4.69, 9.17) is 5.73 Å². The van der Waals surface area contributed by atoms with Gasteiger partial charge in [0.05, 0.1) is 0 Å². The fourth-order valence-electron chi connectivity index (χ4n) is 4.09. The summed E-state index contributed by atoms with van der Waals surface area (Å²) in [6.07, 6.45) is 12.3. The number of nitrogens with two attached hydrogens (primary N) is 1. The first kappa shape index (κ1) is 17.9. The second kappa shape index (κ2) is 9.00. The molecule has 1 heterocycles. The van der Waals surface area contributed by atoms with E-state index in [2.05, 4.69) is 35.0 Å². The van der Waals surface area contributed by atoms with E-state index in [9.17, 15) is 0 Å². The minimum absolute atomic E-state index is 0.678. The average Bonchev–Trinajstić information content (AvgIpc) is 2.65. The molecule has 3 nitrogen and oxygen atoms in total. The van der Waals surface area contributed by atoms with Crippen molar-refractivity contribution in [3.63, 3.8) is 0 Å². The van der Waals surface area contributed by atoms with Gasteiger partial charge in [-0.1, -0.05) is 31.5 Å². The molecule has 2 aromatic rings. The van der Waals surface area contributed by atoms with Crippen molar-refractivity contribution in [3.8, 4) is 0 Å². The van der Waals surface area contributed by atoms with Gasteiger partial charge in [-0.15, -0.1) is 0 Å². The fourth-order valence-corrected chi connectivity index (χ4v) is 4.09. The number of fused-ring (bicyclic) bond motifs is 1. The highest BCUT2D eigenvalue weighted by Crippen LogP contribution is 2.28. The largest absolute Gasteiger partial charge is 0.398 e. The van der Waals surface area contributed by atoms with Crippen molar-refractivity contribution in [3.05, 3.63) is 59.4 Å². The number of hydrogen-bond donors (Lipinski definition) is 1. The van der Waals surface area contributed by atoms with Gasteiger partial charge in [-0.3, -0.25) is 4.98 Å². The highest BCUT2D eigenvalue weighted by Gasteiger charge is 2.24. The Morgan fingerprint density at radius 3 is 2.88 bits per heavy atom. The summed E-state index contributed by atoms with van der Waals surface area (Å²) >= 11 is 0. The maximum atomic E-state index is 6.14. The quantitative estimate of drug-likeness (QED) is 0.578. The lowest BCUT2D eigenvalue weighted by atomic mass is 9.86. The van der Waals surface area contributed by atoms with E-state index in [1.165, 1.54) is 48.9 Å². The van der Waals surface area contributed by atoms with Gasteiger partial charge in [0.1, 0.15) is 0 Å². The molecule has 0 amide bonds. The Labute approximate surface area is 152 Å². The Morgan fingerprint density at radius 1 is 1.16 bits per heavy atom. The van der Waals surface area contributed by atoms with Crippen LogP contribution in [0.4, 0.5) is 5.69 Å². The molecule has 1 aromatic carbocycles. The molecule has 2 N–H and O–H groups in total. The third kappa shape index (κ3) is 4.82. The number of nitrogen functional groups attached to an aromatic ring is 1. The molecular weight excluding hydrogens is 306 g/mol. The first-order chi connectivity index (χ1) is 12.3. The highest BCUT2D eigenvalue weighted by molar-refractivity contribution is 5.52. The Balaban J connectivity index is 1.43. The predicted molar refractivity (Wildman–Crippen MR) is 106 cm³/mol. The van der Waals surface area contributed by atoms with E-state index < -0.39 is 0 Å². The third-order valence-corrected chi connectivity index (χ3v) is 5.55. The maximum Gasteiger partial charge on any atom is 0.0349 e. The van der Waals surface area contributed by atoms with E-state index in [0.29, 0.717) is 6.04 Å². The predicted octanol–water partition coefficient (Wildman–Crippen LogP) is 4.26. The summed E-state index contributed by atoms with van der Waals surface area (Å²) in [4.78, 5) is 6.87. The van der Waals surface area contributed by atoms with Crippen LogP contribution in [0.15, 0.2) is 42.7 Å². The van der Waals surface area contributed by atoms with Gasteiger partial charge in [0.25, 0.3) is 0 Å². The van der Waals surface area contributed by atoms with Crippen molar-refractivity contribution < 1.29 is 0 Å². The monoisotopic (exact) mass is 337 g/mol. The molecule has 1 atom stereocenters. The minimum atomic E-state index is 0.678. The van der Waals surface area contributed by atoms with Crippen LogP contribution in [0.2, 0.25) is 0 Å². The van der Waals surface area contributed by atoms with Gasteiger partial charge < -0.3 is 10.6 Å². The van der Waals surface area contributed by atoms with Gasteiger partial charge in [0, 0.05) is 24.1 Å². The molecule has 0 bridgehead atoms. The zero-order valence-corrected chi connectivity index (χ0v) is 15.5. The molecule has 3 rings (SSSR count). The van der Waals surface area contributed by atoms with Gasteiger partial charge in [0.2, 0.25) is 0 Å². The molecule has 0 aliphatic heterocycles. The number of unbranched alkanes of at least 4 members (excludes halogenated alkanes) is 2. The van der Waals surface area contributed by atoms with Crippen molar-refractivity contribution in [2.24, 2.45) is 0 Å². The highest BCUT2D eigenvalue weighted by atomic mass is 15.1. The van der Waals surface area contributed by atoms with Crippen LogP contribution in [0.3, 0.4) is 0 Å². The summed E-state index contributed by atoms with van der Waals surface area (Å²) < 4.78 is 0. The number of likely N-dealkylation sites (N-methyl/N-ethyl adjacent to an activating group) is 1. The standard InChI is InChI=1S/C22H31N3/c1-2-25(15-5-3-4-8-18-9-7-14-24-17-18)20-12-13-21-19(16-20)10-6-11-22(21)23/h6-7,9-11,14,17,20H,2-5,8,12-13,15-16,23H2,1H3. The fraction of sp³-hybridized carbons (Fsp3) is 0.500. The summed E-state index contributed by atoms with van der Waals surface area (Å²) in [5, 5.41) is 0. The van der Waals surface area contributed by atoms with E-state index in [1.807, 2.05) is 24.5 Å². The van der Waals surface area contributed by atoms with Crippen molar-refractivity contribution in [2.45, 2.75) is 57.9 Å². The lowest BCUT2D eigenvalue weighted by Crippen LogP contribution is -2.40. The van der Waals surface area contributed by atoms with Crippen LogP contribution in [-0.2, 0) is 19.3 Å². The van der Waals surface area contributed by atoms with Gasteiger partial charge in [0.15, 0.2) is 0 Å². The lowest BCUT2D eigenvalue weighted by molar-refractivity contribution is 0.185. The topological polar surface area (TPSA) is 42.2 Å². The first-order valence-electron chi connectivity index (χ1n) is 9.77. The number of pyridine rings is 1. The number of aromatic nitrogens is 1. The molecule has 0 radical (unpaired) electrons. The smallest absolute Gasteiger partial charge is 0.0349 e. The number of benzene rings is 1. The second-order valence-corrected chi connectivity index (χ2v) is 7.18. The number of anilines is 1. The molecule has 0 saturated carbocycles. The van der Waals surface area contributed by atoms with Crippen LogP contribution in [0, 0.1) is 0 Å². The number of aryl methyl sites for hydroxylation is 1. The molecule has 1 unspecified atom stereocenters. The molecule has 1 aromatic heterocycles. The summed E-state index contributed by atoms with van der Waals surface area (Å²) in [6, 6.07) is 11.3. The number of rotatable bonds is 8. The molecular formula is C22H31N3. The number of nitrogens with zero attached hydrogens (tertiary/aromatic N) is 2. The summed E-state index contributed by atoms with van der Waals surface area (Å²) in [5.74, 6) is 0. The van der Waals surface area contributed by atoms with E-state index in [-0.39, 0.29) is 0 Å².